The summed E-state index contributed by atoms with van der Waals surface area (Å²) in [6.45, 7) is 6.78. The van der Waals surface area contributed by atoms with Gasteiger partial charge in [-0.15, -0.1) is 0 Å². The minimum atomic E-state index is -0.726. The molecule has 33 heavy (non-hydrogen) atoms. The molecule has 0 amide bonds. The summed E-state index contributed by atoms with van der Waals surface area (Å²) >= 11 is 0. The molecule has 0 bridgehead atoms. The van der Waals surface area contributed by atoms with Gasteiger partial charge in [-0.05, 0) is 69.9 Å². The lowest BCUT2D eigenvalue weighted by Crippen LogP contribution is -2.41. The van der Waals surface area contributed by atoms with E-state index in [-0.39, 0.29) is 17.4 Å². The molecule has 1 saturated heterocycles. The molecule has 7 nitrogen and oxygen atoms in total. The van der Waals surface area contributed by atoms with E-state index < -0.39 is 5.60 Å². The Labute approximate surface area is 194 Å². The van der Waals surface area contributed by atoms with Crippen molar-refractivity contribution in [1.29, 1.82) is 5.26 Å². The zero-order valence-electron chi connectivity index (χ0n) is 19.5. The van der Waals surface area contributed by atoms with Crippen molar-refractivity contribution in [2.45, 2.75) is 69.9 Å². The average Bonchev–Trinajstić information content (AvgIpc) is 3.27. The number of aromatic nitrogens is 4. The first-order valence-electron chi connectivity index (χ1n) is 11.9. The van der Waals surface area contributed by atoms with Crippen molar-refractivity contribution < 1.29 is 5.11 Å². The fourth-order valence-electron chi connectivity index (χ4n) is 6.42. The normalized spacial score (nSPS) is 25.2. The fraction of sp³-hybridized carbons (Fsp3) is 0.538. The summed E-state index contributed by atoms with van der Waals surface area (Å²) in [5.41, 5.74) is 1.41. The van der Waals surface area contributed by atoms with Gasteiger partial charge in [-0.2, -0.15) is 10.4 Å². The molecule has 1 spiro atoms. The van der Waals surface area contributed by atoms with Crippen LogP contribution in [0.15, 0.2) is 36.8 Å². The van der Waals surface area contributed by atoms with E-state index in [1.165, 1.54) is 12.8 Å². The van der Waals surface area contributed by atoms with E-state index in [1.807, 2.05) is 30.8 Å². The molecule has 3 heterocycles. The highest BCUT2D eigenvalue weighted by Crippen LogP contribution is 2.68. The number of anilines is 1. The summed E-state index contributed by atoms with van der Waals surface area (Å²) < 4.78 is 1.86. The van der Waals surface area contributed by atoms with Crippen molar-refractivity contribution in [3.63, 3.8) is 0 Å². The van der Waals surface area contributed by atoms with Crippen LogP contribution in [0.1, 0.15) is 58.4 Å². The number of fused-ring (bicyclic) bond motifs is 1. The predicted octanol–water partition coefficient (Wildman–Crippen LogP) is 4.14. The minimum absolute atomic E-state index is 0.178. The van der Waals surface area contributed by atoms with Crippen LogP contribution < -0.4 is 4.90 Å². The second-order valence-corrected chi connectivity index (χ2v) is 11.1. The van der Waals surface area contributed by atoms with Crippen LogP contribution in [0.3, 0.4) is 0 Å². The van der Waals surface area contributed by atoms with E-state index in [1.54, 1.807) is 6.33 Å². The molecular weight excluding hydrogens is 412 g/mol. The number of benzene rings is 1. The maximum Gasteiger partial charge on any atom is 0.159 e. The maximum atomic E-state index is 10.6. The zero-order valence-corrected chi connectivity index (χ0v) is 19.5. The third-order valence-corrected chi connectivity index (χ3v) is 8.46. The van der Waals surface area contributed by atoms with Gasteiger partial charge in [-0.25, -0.2) is 14.6 Å². The Kier molecular flexibility index (Phi) is 4.23. The summed E-state index contributed by atoms with van der Waals surface area (Å²) in [5, 5.41) is 26.2. The fourth-order valence-corrected chi connectivity index (χ4v) is 6.42. The molecule has 2 atom stereocenters. The summed E-state index contributed by atoms with van der Waals surface area (Å²) in [4.78, 5) is 11.3. The smallest absolute Gasteiger partial charge is 0.159 e. The number of aliphatic hydroxyl groups is 1. The van der Waals surface area contributed by atoms with Crippen LogP contribution in [0.25, 0.3) is 16.7 Å². The Morgan fingerprint density at radius 1 is 1.15 bits per heavy atom. The zero-order chi connectivity index (χ0) is 23.0. The van der Waals surface area contributed by atoms with Crippen molar-refractivity contribution in [1.82, 2.24) is 19.7 Å². The van der Waals surface area contributed by atoms with Crippen LogP contribution >= 0.6 is 0 Å². The number of nitriles is 1. The molecule has 0 unspecified atom stereocenters. The van der Waals surface area contributed by atoms with Gasteiger partial charge < -0.3 is 10.0 Å². The van der Waals surface area contributed by atoms with Crippen LogP contribution in [0.4, 0.5) is 5.82 Å². The van der Waals surface area contributed by atoms with Gasteiger partial charge in [0.1, 0.15) is 12.1 Å². The Bertz CT molecular complexity index is 1270. The van der Waals surface area contributed by atoms with Crippen molar-refractivity contribution in [3.05, 3.63) is 42.4 Å². The van der Waals surface area contributed by atoms with E-state index in [4.69, 9.17) is 0 Å². The Morgan fingerprint density at radius 3 is 2.58 bits per heavy atom. The maximum absolute atomic E-state index is 10.6. The topological polar surface area (TPSA) is 90.9 Å². The standard InChI is InChI=1S/C26H30N6O/c1-17-20(24(2,3)33)6-9-31(17)22-11-23(29-16-28-22)32-21-10-19(5-4-18(21)12-30-32)26(15-27)13-25(14-26)7-8-25/h4-5,10-12,16-17,20,33H,6-9,13-14H2,1-3H3/t17-,20-/m0/s1. The van der Waals surface area contributed by atoms with Gasteiger partial charge >= 0.3 is 0 Å². The Morgan fingerprint density at radius 2 is 1.91 bits per heavy atom. The van der Waals surface area contributed by atoms with Crippen molar-refractivity contribution >= 4 is 16.7 Å². The average molecular weight is 443 g/mol. The SMILES string of the molecule is C[C@H]1[C@@H](C(C)(C)O)CCN1c1cc(-n2ncc3ccc(C4(C#N)CC5(CC5)C4)cc32)ncn1. The Hall–Kier alpha value is -2.98. The van der Waals surface area contributed by atoms with E-state index in [0.29, 0.717) is 11.2 Å². The molecule has 1 aliphatic heterocycles. The molecule has 2 aromatic heterocycles. The largest absolute Gasteiger partial charge is 0.390 e. The Balaban J connectivity index is 1.35. The lowest BCUT2D eigenvalue weighted by atomic mass is 9.57. The molecule has 2 aliphatic carbocycles. The molecule has 1 N–H and O–H groups in total. The summed E-state index contributed by atoms with van der Waals surface area (Å²) in [5.74, 6) is 1.75. The van der Waals surface area contributed by atoms with E-state index in [2.05, 4.69) is 51.2 Å². The van der Waals surface area contributed by atoms with Gasteiger partial charge in [0.2, 0.25) is 0 Å². The minimum Gasteiger partial charge on any atom is -0.390 e. The quantitative estimate of drug-likeness (QED) is 0.653. The molecule has 3 aromatic rings. The van der Waals surface area contributed by atoms with Crippen LogP contribution in [0.5, 0.6) is 0 Å². The van der Waals surface area contributed by atoms with Crippen molar-refractivity contribution in [2.24, 2.45) is 11.3 Å². The van der Waals surface area contributed by atoms with Gasteiger partial charge in [-0.1, -0.05) is 12.1 Å². The lowest BCUT2D eigenvalue weighted by molar-refractivity contribution is 0.0156. The van der Waals surface area contributed by atoms with Crippen molar-refractivity contribution in [2.75, 3.05) is 11.4 Å². The number of hydrogen-bond donors (Lipinski definition) is 1. The number of nitrogens with zero attached hydrogens (tertiary/aromatic N) is 6. The van der Waals surface area contributed by atoms with E-state index in [9.17, 15) is 10.4 Å². The molecule has 2 saturated carbocycles. The summed E-state index contributed by atoms with van der Waals surface area (Å²) in [6.07, 6.45) is 8.85. The van der Waals surface area contributed by atoms with Gasteiger partial charge in [-0.3, -0.25) is 0 Å². The third-order valence-electron chi connectivity index (χ3n) is 8.46. The number of hydrogen-bond acceptors (Lipinski definition) is 6. The van der Waals surface area contributed by atoms with E-state index in [0.717, 1.165) is 48.1 Å². The highest BCUT2D eigenvalue weighted by atomic mass is 16.3. The van der Waals surface area contributed by atoms with Crippen LogP contribution in [-0.4, -0.2) is 43.0 Å². The summed E-state index contributed by atoms with van der Waals surface area (Å²) in [6, 6.07) is 11.1. The molecular formula is C26H30N6O. The van der Waals surface area contributed by atoms with Gasteiger partial charge in [0.25, 0.3) is 0 Å². The lowest BCUT2D eigenvalue weighted by Gasteiger charge is -2.44. The molecule has 3 aliphatic rings. The van der Waals surface area contributed by atoms with Crippen molar-refractivity contribution in [3.8, 4) is 11.9 Å². The monoisotopic (exact) mass is 442 g/mol. The molecule has 7 heteroatoms. The molecule has 6 rings (SSSR count). The van der Waals surface area contributed by atoms with Gasteiger partial charge in [0.05, 0.1) is 28.8 Å². The first-order chi connectivity index (χ1) is 15.7. The second-order valence-electron chi connectivity index (χ2n) is 11.1. The first-order valence-corrected chi connectivity index (χ1v) is 11.9. The van der Waals surface area contributed by atoms with E-state index >= 15 is 0 Å². The molecule has 0 radical (unpaired) electrons. The first kappa shape index (κ1) is 20.6. The molecule has 1 aromatic carbocycles. The molecule has 3 fully saturated rings. The number of rotatable bonds is 4. The highest BCUT2D eigenvalue weighted by Gasteiger charge is 2.62. The third kappa shape index (κ3) is 3.15. The van der Waals surface area contributed by atoms with Gasteiger partial charge in [0, 0.05) is 30.0 Å². The highest BCUT2D eigenvalue weighted by molar-refractivity contribution is 5.81. The van der Waals surface area contributed by atoms with Gasteiger partial charge in [0.15, 0.2) is 5.82 Å². The van der Waals surface area contributed by atoms with Crippen LogP contribution in [0.2, 0.25) is 0 Å². The predicted molar refractivity (Wildman–Crippen MR) is 126 cm³/mol. The molecule has 170 valence electrons. The second kappa shape index (κ2) is 6.77. The van der Waals surface area contributed by atoms with Crippen LogP contribution in [0, 0.1) is 22.7 Å². The summed E-state index contributed by atoms with van der Waals surface area (Å²) in [7, 11) is 0. The van der Waals surface area contributed by atoms with Crippen LogP contribution in [-0.2, 0) is 5.41 Å².